The summed E-state index contributed by atoms with van der Waals surface area (Å²) in [5, 5.41) is 6.79. The van der Waals surface area contributed by atoms with Crippen LogP contribution in [0.1, 0.15) is 30.6 Å². The van der Waals surface area contributed by atoms with Gasteiger partial charge in [-0.1, -0.05) is 30.3 Å². The van der Waals surface area contributed by atoms with Crippen molar-refractivity contribution >= 4 is 23.2 Å². The SMILES string of the molecule is Cc1cc(C(=O)NNC(=O)c2cc(-c3ccccc3)n[nH]2)c(C)s1. The fourth-order valence-electron chi connectivity index (χ4n) is 2.30. The molecule has 122 valence electrons. The number of carbonyl (C=O) groups is 2. The van der Waals surface area contributed by atoms with Gasteiger partial charge in [-0.2, -0.15) is 5.10 Å². The van der Waals surface area contributed by atoms with Gasteiger partial charge >= 0.3 is 0 Å². The zero-order valence-electron chi connectivity index (χ0n) is 13.2. The summed E-state index contributed by atoms with van der Waals surface area (Å²) in [6.45, 7) is 3.80. The lowest BCUT2D eigenvalue weighted by atomic mass is 10.1. The van der Waals surface area contributed by atoms with E-state index < -0.39 is 5.91 Å². The highest BCUT2D eigenvalue weighted by Gasteiger charge is 2.15. The van der Waals surface area contributed by atoms with Crippen LogP contribution in [-0.4, -0.2) is 22.0 Å². The van der Waals surface area contributed by atoms with Crippen molar-refractivity contribution in [2.45, 2.75) is 13.8 Å². The number of amides is 2. The van der Waals surface area contributed by atoms with Crippen LogP contribution in [0.3, 0.4) is 0 Å². The number of hydrogen-bond donors (Lipinski definition) is 3. The van der Waals surface area contributed by atoms with Gasteiger partial charge in [-0.3, -0.25) is 25.5 Å². The Balaban J connectivity index is 1.64. The van der Waals surface area contributed by atoms with Crippen LogP contribution in [0.25, 0.3) is 11.3 Å². The summed E-state index contributed by atoms with van der Waals surface area (Å²) in [5.41, 5.74) is 7.21. The van der Waals surface area contributed by atoms with E-state index >= 15 is 0 Å². The molecule has 0 atom stereocenters. The Kier molecular flexibility index (Phi) is 4.43. The lowest BCUT2D eigenvalue weighted by molar-refractivity contribution is 0.0844. The number of nitrogens with zero attached hydrogens (tertiary/aromatic N) is 1. The van der Waals surface area contributed by atoms with Gasteiger partial charge in [0.05, 0.1) is 11.3 Å². The van der Waals surface area contributed by atoms with E-state index in [1.807, 2.05) is 44.2 Å². The number of aromatic amines is 1. The van der Waals surface area contributed by atoms with Crippen LogP contribution in [0, 0.1) is 13.8 Å². The predicted octanol–water partition coefficient (Wildman–Crippen LogP) is 2.83. The smallest absolute Gasteiger partial charge is 0.272 e. The molecule has 0 fully saturated rings. The van der Waals surface area contributed by atoms with Crippen LogP contribution in [0.15, 0.2) is 42.5 Å². The van der Waals surface area contributed by atoms with Gasteiger partial charge < -0.3 is 0 Å². The molecule has 6 nitrogen and oxygen atoms in total. The number of carbonyl (C=O) groups excluding carboxylic acids is 2. The third-order valence-electron chi connectivity index (χ3n) is 3.47. The average Bonchev–Trinajstić information content (AvgIpc) is 3.20. The first-order valence-electron chi connectivity index (χ1n) is 7.33. The minimum Gasteiger partial charge on any atom is -0.272 e. The van der Waals surface area contributed by atoms with Gasteiger partial charge in [0, 0.05) is 15.3 Å². The first kappa shape index (κ1) is 15.9. The number of benzene rings is 1. The number of hydrazine groups is 1. The van der Waals surface area contributed by atoms with Crippen molar-refractivity contribution in [2.24, 2.45) is 0 Å². The first-order valence-corrected chi connectivity index (χ1v) is 8.15. The number of rotatable bonds is 3. The van der Waals surface area contributed by atoms with Crippen molar-refractivity contribution < 1.29 is 9.59 Å². The lowest BCUT2D eigenvalue weighted by Crippen LogP contribution is -2.41. The number of hydrogen-bond acceptors (Lipinski definition) is 4. The Hall–Kier alpha value is -2.93. The fraction of sp³-hybridized carbons (Fsp3) is 0.118. The summed E-state index contributed by atoms with van der Waals surface area (Å²) in [6.07, 6.45) is 0. The van der Waals surface area contributed by atoms with Gasteiger partial charge in [-0.25, -0.2) is 0 Å². The van der Waals surface area contributed by atoms with Gasteiger partial charge in [0.1, 0.15) is 5.69 Å². The van der Waals surface area contributed by atoms with Crippen LogP contribution in [0.5, 0.6) is 0 Å². The summed E-state index contributed by atoms with van der Waals surface area (Å²) in [5.74, 6) is -0.796. The lowest BCUT2D eigenvalue weighted by Gasteiger charge is -2.05. The molecule has 0 unspecified atom stereocenters. The molecule has 0 bridgehead atoms. The molecule has 3 rings (SSSR count). The Morgan fingerprint density at radius 3 is 2.42 bits per heavy atom. The van der Waals surface area contributed by atoms with E-state index in [4.69, 9.17) is 0 Å². The molecule has 2 amide bonds. The summed E-state index contributed by atoms with van der Waals surface area (Å²) < 4.78 is 0. The fourth-order valence-corrected chi connectivity index (χ4v) is 3.22. The second kappa shape index (κ2) is 6.67. The quantitative estimate of drug-likeness (QED) is 0.641. The Bertz CT molecular complexity index is 883. The average molecular weight is 340 g/mol. The predicted molar refractivity (Wildman–Crippen MR) is 92.7 cm³/mol. The monoisotopic (exact) mass is 340 g/mol. The van der Waals surface area contributed by atoms with E-state index in [0.717, 1.165) is 15.3 Å². The molecule has 0 radical (unpaired) electrons. The third-order valence-corrected chi connectivity index (χ3v) is 4.43. The highest BCUT2D eigenvalue weighted by Crippen LogP contribution is 2.20. The summed E-state index contributed by atoms with van der Waals surface area (Å²) >= 11 is 1.54. The highest BCUT2D eigenvalue weighted by molar-refractivity contribution is 7.12. The molecule has 3 N–H and O–H groups in total. The maximum Gasteiger partial charge on any atom is 0.287 e. The van der Waals surface area contributed by atoms with E-state index in [-0.39, 0.29) is 11.6 Å². The molecule has 0 spiro atoms. The Labute approximate surface area is 142 Å². The first-order chi connectivity index (χ1) is 11.5. The molecule has 0 aliphatic heterocycles. The normalized spacial score (nSPS) is 10.4. The summed E-state index contributed by atoms with van der Waals surface area (Å²) in [6, 6.07) is 12.9. The van der Waals surface area contributed by atoms with Crippen LogP contribution in [-0.2, 0) is 0 Å². The molecule has 3 aromatic rings. The molecule has 7 heteroatoms. The molecule has 0 saturated carbocycles. The van der Waals surface area contributed by atoms with Gasteiger partial charge in [0.15, 0.2) is 0 Å². The van der Waals surface area contributed by atoms with Crippen molar-refractivity contribution in [1.29, 1.82) is 0 Å². The van der Waals surface area contributed by atoms with Crippen molar-refractivity contribution in [3.05, 3.63) is 63.5 Å². The third kappa shape index (κ3) is 3.36. The van der Waals surface area contributed by atoms with Crippen LogP contribution < -0.4 is 10.9 Å². The van der Waals surface area contributed by atoms with E-state index in [0.29, 0.717) is 11.3 Å². The van der Waals surface area contributed by atoms with Crippen molar-refractivity contribution in [1.82, 2.24) is 21.0 Å². The van der Waals surface area contributed by atoms with Gasteiger partial charge in [-0.05, 0) is 26.0 Å². The topological polar surface area (TPSA) is 86.9 Å². The minimum atomic E-state index is -0.456. The van der Waals surface area contributed by atoms with Crippen LogP contribution in [0.2, 0.25) is 0 Å². The molecule has 2 aromatic heterocycles. The standard InChI is InChI=1S/C17H16N4O2S/c1-10-8-13(11(2)24-10)16(22)20-21-17(23)15-9-14(18-19-15)12-6-4-3-5-7-12/h3-9H,1-2H3,(H,18,19)(H,20,22)(H,21,23). The molecule has 0 saturated heterocycles. The number of aryl methyl sites for hydroxylation is 2. The molecular weight excluding hydrogens is 324 g/mol. The zero-order chi connectivity index (χ0) is 17.1. The zero-order valence-corrected chi connectivity index (χ0v) is 14.0. The molecule has 24 heavy (non-hydrogen) atoms. The van der Waals surface area contributed by atoms with Crippen molar-refractivity contribution in [2.75, 3.05) is 0 Å². The maximum atomic E-state index is 12.1. The van der Waals surface area contributed by atoms with Gasteiger partial charge in [-0.15, -0.1) is 11.3 Å². The summed E-state index contributed by atoms with van der Waals surface area (Å²) in [4.78, 5) is 26.2. The molecule has 2 heterocycles. The number of thiophene rings is 1. The van der Waals surface area contributed by atoms with Crippen molar-refractivity contribution in [3.8, 4) is 11.3 Å². The maximum absolute atomic E-state index is 12.1. The molecule has 0 aliphatic rings. The van der Waals surface area contributed by atoms with Crippen LogP contribution >= 0.6 is 11.3 Å². The number of aromatic nitrogens is 2. The molecular formula is C17H16N4O2S. The Morgan fingerprint density at radius 2 is 1.75 bits per heavy atom. The van der Waals surface area contributed by atoms with E-state index in [1.54, 1.807) is 12.1 Å². The number of H-pyrrole nitrogens is 1. The summed E-state index contributed by atoms with van der Waals surface area (Å²) in [7, 11) is 0. The van der Waals surface area contributed by atoms with E-state index in [9.17, 15) is 9.59 Å². The second-order valence-corrected chi connectivity index (χ2v) is 6.73. The van der Waals surface area contributed by atoms with E-state index in [1.165, 1.54) is 11.3 Å². The number of nitrogens with one attached hydrogen (secondary N) is 3. The van der Waals surface area contributed by atoms with Crippen molar-refractivity contribution in [3.63, 3.8) is 0 Å². The highest BCUT2D eigenvalue weighted by atomic mass is 32.1. The molecule has 0 aliphatic carbocycles. The minimum absolute atomic E-state index is 0.271. The molecule has 1 aromatic carbocycles. The van der Waals surface area contributed by atoms with Gasteiger partial charge in [0.25, 0.3) is 11.8 Å². The van der Waals surface area contributed by atoms with Crippen LogP contribution in [0.4, 0.5) is 0 Å². The Morgan fingerprint density at radius 1 is 1.04 bits per heavy atom. The second-order valence-electron chi connectivity index (χ2n) is 5.27. The van der Waals surface area contributed by atoms with E-state index in [2.05, 4.69) is 21.0 Å². The van der Waals surface area contributed by atoms with Gasteiger partial charge in [0.2, 0.25) is 0 Å². The largest absolute Gasteiger partial charge is 0.287 e.